The number of anilines is 1. The Bertz CT molecular complexity index is 702. The third-order valence-electron chi connectivity index (χ3n) is 4.52. The van der Waals surface area contributed by atoms with Crippen LogP contribution in [0.2, 0.25) is 0 Å². The Morgan fingerprint density at radius 2 is 1.73 bits per heavy atom. The highest BCUT2D eigenvalue weighted by molar-refractivity contribution is 5.94. The molecule has 2 amide bonds. The van der Waals surface area contributed by atoms with Gasteiger partial charge in [0.05, 0.1) is 19.4 Å². The molecule has 1 aromatic carbocycles. The first-order valence-electron chi connectivity index (χ1n) is 9.15. The standard InChI is InChI=1S/C20H25N3O3/c24-19(22-14-18-6-5-13-26-18)15-21-17-9-7-16(8-10-17)20(25)23-11-3-1-2-4-12-23/h5-10,13,21H,1-4,11-12,14-15H2,(H,22,24). The van der Waals surface area contributed by atoms with Crippen molar-refractivity contribution in [3.63, 3.8) is 0 Å². The molecule has 2 N–H and O–H groups in total. The van der Waals surface area contributed by atoms with Gasteiger partial charge in [0.25, 0.3) is 5.91 Å². The molecular weight excluding hydrogens is 330 g/mol. The van der Waals surface area contributed by atoms with Crippen molar-refractivity contribution in [3.8, 4) is 0 Å². The fourth-order valence-electron chi connectivity index (χ4n) is 3.03. The van der Waals surface area contributed by atoms with Crippen molar-refractivity contribution in [3.05, 3.63) is 54.0 Å². The Kier molecular flexibility index (Phi) is 6.30. The Labute approximate surface area is 153 Å². The molecule has 1 saturated heterocycles. The van der Waals surface area contributed by atoms with Gasteiger partial charge in [-0.05, 0) is 49.2 Å². The van der Waals surface area contributed by atoms with Crippen LogP contribution in [0, 0.1) is 0 Å². The van der Waals surface area contributed by atoms with Crippen molar-refractivity contribution in [1.29, 1.82) is 0 Å². The topological polar surface area (TPSA) is 74.6 Å². The maximum Gasteiger partial charge on any atom is 0.253 e. The summed E-state index contributed by atoms with van der Waals surface area (Å²) in [7, 11) is 0. The van der Waals surface area contributed by atoms with Gasteiger partial charge in [0, 0.05) is 24.3 Å². The van der Waals surface area contributed by atoms with Crippen LogP contribution in [0.4, 0.5) is 5.69 Å². The molecule has 0 spiro atoms. The summed E-state index contributed by atoms with van der Waals surface area (Å²) in [6.45, 7) is 2.22. The van der Waals surface area contributed by atoms with E-state index in [1.54, 1.807) is 12.3 Å². The first-order valence-corrected chi connectivity index (χ1v) is 9.15. The average Bonchev–Trinajstić information content (AvgIpc) is 3.05. The van der Waals surface area contributed by atoms with Gasteiger partial charge in [-0.2, -0.15) is 0 Å². The lowest BCUT2D eigenvalue weighted by atomic mass is 10.1. The highest BCUT2D eigenvalue weighted by Gasteiger charge is 2.17. The van der Waals surface area contributed by atoms with Crippen LogP contribution in [0.3, 0.4) is 0 Å². The van der Waals surface area contributed by atoms with Crippen LogP contribution < -0.4 is 10.6 Å². The molecule has 1 fully saturated rings. The van der Waals surface area contributed by atoms with E-state index in [1.807, 2.05) is 35.2 Å². The number of furan rings is 1. The predicted octanol–water partition coefficient (Wildman–Crippen LogP) is 3.02. The largest absolute Gasteiger partial charge is 0.467 e. The normalized spacial score (nSPS) is 14.5. The first kappa shape index (κ1) is 18.0. The molecule has 0 unspecified atom stereocenters. The van der Waals surface area contributed by atoms with Crippen LogP contribution >= 0.6 is 0 Å². The Morgan fingerprint density at radius 3 is 2.38 bits per heavy atom. The van der Waals surface area contributed by atoms with Crippen molar-refractivity contribution < 1.29 is 14.0 Å². The molecule has 1 aromatic heterocycles. The Hall–Kier alpha value is -2.76. The second-order valence-corrected chi connectivity index (χ2v) is 6.49. The van der Waals surface area contributed by atoms with Crippen molar-refractivity contribution in [2.24, 2.45) is 0 Å². The number of hydrogen-bond donors (Lipinski definition) is 2. The van der Waals surface area contributed by atoms with E-state index in [-0.39, 0.29) is 18.4 Å². The van der Waals surface area contributed by atoms with E-state index in [2.05, 4.69) is 10.6 Å². The van der Waals surface area contributed by atoms with Gasteiger partial charge in [-0.25, -0.2) is 0 Å². The molecule has 1 aliphatic heterocycles. The predicted molar refractivity (Wildman–Crippen MR) is 99.9 cm³/mol. The molecule has 1 aliphatic rings. The Balaban J connectivity index is 1.46. The summed E-state index contributed by atoms with van der Waals surface area (Å²) in [6.07, 6.45) is 6.15. The lowest BCUT2D eigenvalue weighted by molar-refractivity contribution is -0.119. The minimum Gasteiger partial charge on any atom is -0.467 e. The number of amides is 2. The second kappa shape index (κ2) is 9.08. The van der Waals surface area contributed by atoms with Gasteiger partial charge >= 0.3 is 0 Å². The lowest BCUT2D eigenvalue weighted by Gasteiger charge is -2.20. The van der Waals surface area contributed by atoms with Crippen LogP contribution in [0.15, 0.2) is 47.1 Å². The van der Waals surface area contributed by atoms with E-state index < -0.39 is 0 Å². The fourth-order valence-corrected chi connectivity index (χ4v) is 3.03. The number of carbonyl (C=O) groups is 2. The summed E-state index contributed by atoms with van der Waals surface area (Å²) in [4.78, 5) is 26.4. The Morgan fingerprint density at radius 1 is 1.00 bits per heavy atom. The van der Waals surface area contributed by atoms with Gasteiger partial charge in [-0.3, -0.25) is 9.59 Å². The van der Waals surface area contributed by atoms with E-state index in [0.717, 1.165) is 37.4 Å². The SMILES string of the molecule is O=C(CNc1ccc(C(=O)N2CCCCCC2)cc1)NCc1ccco1. The van der Waals surface area contributed by atoms with Crippen molar-refractivity contribution >= 4 is 17.5 Å². The molecule has 0 aliphatic carbocycles. The molecule has 2 heterocycles. The molecule has 26 heavy (non-hydrogen) atoms. The van der Waals surface area contributed by atoms with Gasteiger partial charge in [0.15, 0.2) is 0 Å². The molecule has 2 aromatic rings. The zero-order valence-electron chi connectivity index (χ0n) is 14.9. The molecule has 3 rings (SSSR count). The summed E-state index contributed by atoms with van der Waals surface area (Å²) in [5, 5.41) is 5.84. The van der Waals surface area contributed by atoms with Crippen LogP contribution in [-0.4, -0.2) is 36.3 Å². The van der Waals surface area contributed by atoms with E-state index in [4.69, 9.17) is 4.42 Å². The summed E-state index contributed by atoms with van der Waals surface area (Å²) >= 11 is 0. The van der Waals surface area contributed by atoms with Crippen LogP contribution in [0.25, 0.3) is 0 Å². The molecule has 0 saturated carbocycles. The minimum absolute atomic E-state index is 0.0923. The van der Waals surface area contributed by atoms with E-state index in [0.29, 0.717) is 12.1 Å². The van der Waals surface area contributed by atoms with E-state index >= 15 is 0 Å². The highest BCUT2D eigenvalue weighted by atomic mass is 16.3. The number of nitrogens with zero attached hydrogens (tertiary/aromatic N) is 1. The molecule has 6 nitrogen and oxygen atoms in total. The van der Waals surface area contributed by atoms with Gasteiger partial charge in [0.1, 0.15) is 5.76 Å². The molecule has 0 radical (unpaired) electrons. The summed E-state index contributed by atoms with van der Waals surface area (Å²) in [5.74, 6) is 0.690. The van der Waals surface area contributed by atoms with Gasteiger partial charge in [-0.1, -0.05) is 12.8 Å². The van der Waals surface area contributed by atoms with E-state index in [1.165, 1.54) is 12.8 Å². The van der Waals surface area contributed by atoms with Gasteiger partial charge in [0.2, 0.25) is 5.91 Å². The smallest absolute Gasteiger partial charge is 0.253 e. The quantitative estimate of drug-likeness (QED) is 0.835. The number of hydrogen-bond acceptors (Lipinski definition) is 4. The van der Waals surface area contributed by atoms with Crippen LogP contribution in [0.5, 0.6) is 0 Å². The van der Waals surface area contributed by atoms with Crippen LogP contribution in [0.1, 0.15) is 41.8 Å². The maximum absolute atomic E-state index is 12.6. The summed E-state index contributed by atoms with van der Waals surface area (Å²) in [6, 6.07) is 10.9. The monoisotopic (exact) mass is 355 g/mol. The molecule has 0 atom stereocenters. The highest BCUT2D eigenvalue weighted by Crippen LogP contribution is 2.15. The van der Waals surface area contributed by atoms with Crippen LogP contribution in [-0.2, 0) is 11.3 Å². The zero-order valence-corrected chi connectivity index (χ0v) is 14.9. The molecule has 6 heteroatoms. The second-order valence-electron chi connectivity index (χ2n) is 6.49. The van der Waals surface area contributed by atoms with Gasteiger partial charge in [-0.15, -0.1) is 0 Å². The molecule has 138 valence electrons. The first-order chi connectivity index (χ1) is 12.7. The third kappa shape index (κ3) is 5.12. The van der Waals surface area contributed by atoms with Crippen molar-refractivity contribution in [2.75, 3.05) is 25.0 Å². The van der Waals surface area contributed by atoms with Crippen molar-refractivity contribution in [1.82, 2.24) is 10.2 Å². The van der Waals surface area contributed by atoms with Crippen molar-refractivity contribution in [2.45, 2.75) is 32.2 Å². The fraction of sp³-hybridized carbons (Fsp3) is 0.400. The van der Waals surface area contributed by atoms with E-state index in [9.17, 15) is 9.59 Å². The van der Waals surface area contributed by atoms with Gasteiger partial charge < -0.3 is 20.0 Å². The average molecular weight is 355 g/mol. The number of likely N-dealkylation sites (tertiary alicyclic amines) is 1. The maximum atomic E-state index is 12.6. The third-order valence-corrected chi connectivity index (χ3v) is 4.52. The molecular formula is C20H25N3O3. The number of carbonyl (C=O) groups excluding carboxylic acids is 2. The zero-order chi connectivity index (χ0) is 18.2. The minimum atomic E-state index is -0.119. The molecule has 0 bridgehead atoms. The summed E-state index contributed by atoms with van der Waals surface area (Å²) in [5.41, 5.74) is 1.50. The number of rotatable bonds is 6. The summed E-state index contributed by atoms with van der Waals surface area (Å²) < 4.78 is 5.17. The lowest BCUT2D eigenvalue weighted by Crippen LogP contribution is -2.31. The number of benzene rings is 1. The number of nitrogens with one attached hydrogen (secondary N) is 2.